The van der Waals surface area contributed by atoms with Crippen LogP contribution in [-0.4, -0.2) is 52.8 Å². The maximum absolute atomic E-state index is 9.25. The van der Waals surface area contributed by atoms with E-state index in [4.69, 9.17) is 0 Å². The molecule has 0 aliphatic carbocycles. The molecule has 1 aromatic rings. The van der Waals surface area contributed by atoms with Gasteiger partial charge in [0.1, 0.15) is 0 Å². The van der Waals surface area contributed by atoms with Crippen molar-refractivity contribution in [2.45, 2.75) is 26.3 Å². The standard InChI is InChI=1S/C11H22N6O/c1-6-12-8-13-9(16-11(2,3)7-18)15-10(14-8)17(4)5/h18H,6-7H2,1-5H3,(H2,12,13,14,15,16). The van der Waals surface area contributed by atoms with Gasteiger partial charge in [0.05, 0.1) is 12.1 Å². The summed E-state index contributed by atoms with van der Waals surface area (Å²) in [5, 5.41) is 15.4. The molecule has 18 heavy (non-hydrogen) atoms. The predicted molar refractivity (Wildman–Crippen MR) is 73.1 cm³/mol. The van der Waals surface area contributed by atoms with E-state index in [0.29, 0.717) is 17.8 Å². The molecule has 0 bridgehead atoms. The molecule has 1 aromatic heterocycles. The molecule has 0 fully saturated rings. The molecule has 7 nitrogen and oxygen atoms in total. The summed E-state index contributed by atoms with van der Waals surface area (Å²) >= 11 is 0. The first-order valence-electron chi connectivity index (χ1n) is 5.94. The zero-order valence-corrected chi connectivity index (χ0v) is 11.7. The van der Waals surface area contributed by atoms with Gasteiger partial charge in [0, 0.05) is 20.6 Å². The Morgan fingerprint density at radius 2 is 1.78 bits per heavy atom. The van der Waals surface area contributed by atoms with Crippen molar-refractivity contribution in [2.24, 2.45) is 0 Å². The second-order valence-corrected chi connectivity index (χ2v) is 4.87. The van der Waals surface area contributed by atoms with Crippen molar-refractivity contribution in [3.8, 4) is 0 Å². The maximum Gasteiger partial charge on any atom is 0.231 e. The zero-order chi connectivity index (χ0) is 13.8. The quantitative estimate of drug-likeness (QED) is 0.683. The van der Waals surface area contributed by atoms with Gasteiger partial charge in [-0.3, -0.25) is 0 Å². The molecule has 0 unspecified atom stereocenters. The fourth-order valence-corrected chi connectivity index (χ4v) is 1.20. The van der Waals surface area contributed by atoms with Crippen LogP contribution in [-0.2, 0) is 0 Å². The number of nitrogens with one attached hydrogen (secondary N) is 2. The summed E-state index contributed by atoms with van der Waals surface area (Å²) in [6.07, 6.45) is 0. The average Bonchev–Trinajstić information content (AvgIpc) is 2.28. The van der Waals surface area contributed by atoms with E-state index in [1.807, 2.05) is 34.9 Å². The first kappa shape index (κ1) is 14.4. The number of hydrogen-bond donors (Lipinski definition) is 3. The van der Waals surface area contributed by atoms with E-state index in [-0.39, 0.29) is 6.61 Å². The maximum atomic E-state index is 9.25. The van der Waals surface area contributed by atoms with E-state index in [1.165, 1.54) is 0 Å². The van der Waals surface area contributed by atoms with Crippen LogP contribution in [0.3, 0.4) is 0 Å². The molecule has 0 aliphatic rings. The first-order chi connectivity index (χ1) is 8.38. The van der Waals surface area contributed by atoms with Crippen LogP contribution in [0.5, 0.6) is 0 Å². The molecular weight excluding hydrogens is 232 g/mol. The van der Waals surface area contributed by atoms with Crippen molar-refractivity contribution in [1.29, 1.82) is 0 Å². The van der Waals surface area contributed by atoms with Crippen LogP contribution in [0.1, 0.15) is 20.8 Å². The lowest BCUT2D eigenvalue weighted by Crippen LogP contribution is -2.36. The third kappa shape index (κ3) is 3.99. The third-order valence-corrected chi connectivity index (χ3v) is 2.20. The lowest BCUT2D eigenvalue weighted by atomic mass is 10.1. The second kappa shape index (κ2) is 5.81. The third-order valence-electron chi connectivity index (χ3n) is 2.20. The lowest BCUT2D eigenvalue weighted by Gasteiger charge is -2.24. The number of rotatable bonds is 6. The van der Waals surface area contributed by atoms with Gasteiger partial charge < -0.3 is 20.6 Å². The largest absolute Gasteiger partial charge is 0.394 e. The highest BCUT2D eigenvalue weighted by Crippen LogP contribution is 2.15. The molecule has 7 heteroatoms. The van der Waals surface area contributed by atoms with E-state index >= 15 is 0 Å². The van der Waals surface area contributed by atoms with E-state index in [0.717, 1.165) is 6.54 Å². The van der Waals surface area contributed by atoms with Gasteiger partial charge in [-0.25, -0.2) is 0 Å². The van der Waals surface area contributed by atoms with Gasteiger partial charge in [0.15, 0.2) is 0 Å². The predicted octanol–water partition coefficient (Wildman–Crippen LogP) is 0.552. The summed E-state index contributed by atoms with van der Waals surface area (Å²) in [4.78, 5) is 14.6. The number of aromatic nitrogens is 3. The Bertz CT molecular complexity index is 393. The first-order valence-corrected chi connectivity index (χ1v) is 5.94. The molecule has 102 valence electrons. The van der Waals surface area contributed by atoms with Crippen LogP contribution >= 0.6 is 0 Å². The topological polar surface area (TPSA) is 86.2 Å². The summed E-state index contributed by atoms with van der Waals surface area (Å²) in [5.74, 6) is 1.54. The second-order valence-electron chi connectivity index (χ2n) is 4.87. The van der Waals surface area contributed by atoms with E-state index < -0.39 is 5.54 Å². The normalized spacial score (nSPS) is 11.2. The van der Waals surface area contributed by atoms with Crippen LogP contribution in [0.25, 0.3) is 0 Å². The fourth-order valence-electron chi connectivity index (χ4n) is 1.20. The van der Waals surface area contributed by atoms with Crippen molar-refractivity contribution < 1.29 is 5.11 Å². The molecule has 3 N–H and O–H groups in total. The van der Waals surface area contributed by atoms with Gasteiger partial charge in [-0.2, -0.15) is 15.0 Å². The average molecular weight is 254 g/mol. The number of hydrogen-bond acceptors (Lipinski definition) is 7. The van der Waals surface area contributed by atoms with Crippen molar-refractivity contribution in [2.75, 3.05) is 42.8 Å². The Balaban J connectivity index is 3.03. The minimum atomic E-state index is -0.478. The van der Waals surface area contributed by atoms with Crippen LogP contribution in [0.4, 0.5) is 17.8 Å². The smallest absolute Gasteiger partial charge is 0.231 e. The molecule has 1 heterocycles. The van der Waals surface area contributed by atoms with Gasteiger partial charge in [0.25, 0.3) is 0 Å². The fraction of sp³-hybridized carbons (Fsp3) is 0.727. The molecule has 0 atom stereocenters. The highest BCUT2D eigenvalue weighted by atomic mass is 16.3. The number of nitrogens with zero attached hydrogens (tertiary/aromatic N) is 4. The minimum Gasteiger partial charge on any atom is -0.394 e. The Morgan fingerprint density at radius 1 is 1.17 bits per heavy atom. The van der Waals surface area contributed by atoms with Gasteiger partial charge >= 0.3 is 0 Å². The van der Waals surface area contributed by atoms with Crippen LogP contribution in [0, 0.1) is 0 Å². The van der Waals surface area contributed by atoms with Gasteiger partial charge in [-0.05, 0) is 20.8 Å². The SMILES string of the molecule is CCNc1nc(NC(C)(C)CO)nc(N(C)C)n1. The molecular formula is C11H22N6O. The molecule has 0 spiro atoms. The Morgan fingerprint density at radius 3 is 2.28 bits per heavy atom. The summed E-state index contributed by atoms with van der Waals surface area (Å²) in [7, 11) is 3.73. The zero-order valence-electron chi connectivity index (χ0n) is 11.7. The molecule has 1 rings (SSSR count). The van der Waals surface area contributed by atoms with E-state index in [1.54, 1.807) is 4.90 Å². The summed E-state index contributed by atoms with van der Waals surface area (Å²) < 4.78 is 0. The molecule has 0 aromatic carbocycles. The summed E-state index contributed by atoms with van der Waals surface area (Å²) in [6, 6.07) is 0. The van der Waals surface area contributed by atoms with Crippen molar-refractivity contribution in [1.82, 2.24) is 15.0 Å². The van der Waals surface area contributed by atoms with Crippen molar-refractivity contribution in [3.05, 3.63) is 0 Å². The summed E-state index contributed by atoms with van der Waals surface area (Å²) in [6.45, 7) is 6.45. The van der Waals surface area contributed by atoms with Crippen molar-refractivity contribution >= 4 is 17.8 Å². The van der Waals surface area contributed by atoms with Gasteiger partial charge in [-0.1, -0.05) is 0 Å². The number of aliphatic hydroxyl groups excluding tert-OH is 1. The number of aliphatic hydroxyl groups is 1. The molecule has 0 radical (unpaired) electrons. The molecule has 0 aliphatic heterocycles. The highest BCUT2D eigenvalue weighted by Gasteiger charge is 2.18. The monoisotopic (exact) mass is 254 g/mol. The van der Waals surface area contributed by atoms with Crippen molar-refractivity contribution in [3.63, 3.8) is 0 Å². The Kier molecular flexibility index (Phi) is 4.66. The molecule has 0 amide bonds. The Hall–Kier alpha value is -1.63. The summed E-state index contributed by atoms with van der Waals surface area (Å²) in [5.41, 5.74) is -0.478. The van der Waals surface area contributed by atoms with E-state index in [2.05, 4.69) is 25.6 Å². The van der Waals surface area contributed by atoms with Crippen LogP contribution in [0.2, 0.25) is 0 Å². The number of anilines is 3. The highest BCUT2D eigenvalue weighted by molar-refractivity contribution is 5.43. The van der Waals surface area contributed by atoms with Crippen LogP contribution < -0.4 is 15.5 Å². The minimum absolute atomic E-state index is 0.00742. The van der Waals surface area contributed by atoms with Gasteiger partial charge in [-0.15, -0.1) is 0 Å². The van der Waals surface area contributed by atoms with E-state index in [9.17, 15) is 5.11 Å². The van der Waals surface area contributed by atoms with Gasteiger partial charge in [0.2, 0.25) is 17.8 Å². The molecule has 0 saturated heterocycles. The Labute approximate surface area is 108 Å². The van der Waals surface area contributed by atoms with Crippen LogP contribution in [0.15, 0.2) is 0 Å². The molecule has 0 saturated carbocycles. The lowest BCUT2D eigenvalue weighted by molar-refractivity contribution is 0.233.